The summed E-state index contributed by atoms with van der Waals surface area (Å²) in [6.07, 6.45) is 0.313. The summed E-state index contributed by atoms with van der Waals surface area (Å²) in [4.78, 5) is 23.8. The Labute approximate surface area is 149 Å². The van der Waals surface area contributed by atoms with E-state index >= 15 is 0 Å². The van der Waals surface area contributed by atoms with E-state index in [0.29, 0.717) is 22.7 Å². The highest BCUT2D eigenvalue weighted by molar-refractivity contribution is 6.42. The second kappa shape index (κ2) is 8.34. The minimum Gasteiger partial charge on any atom is -0.343 e. The van der Waals surface area contributed by atoms with Crippen molar-refractivity contribution in [3.63, 3.8) is 0 Å². The zero-order valence-corrected chi connectivity index (χ0v) is 14.0. The van der Waals surface area contributed by atoms with Crippen molar-refractivity contribution in [2.24, 2.45) is 0 Å². The SMILES string of the molecule is N#CCc1ccc(NC(=O)CNC(=O)c2ccc(Cl)c(Cl)c2)cc1. The van der Waals surface area contributed by atoms with Gasteiger partial charge in [0.25, 0.3) is 5.91 Å². The Morgan fingerprint density at radius 3 is 2.38 bits per heavy atom. The van der Waals surface area contributed by atoms with Crippen molar-refractivity contribution in [2.75, 3.05) is 11.9 Å². The van der Waals surface area contributed by atoms with Gasteiger partial charge >= 0.3 is 0 Å². The number of nitrogens with zero attached hydrogens (tertiary/aromatic N) is 1. The molecular formula is C17H13Cl2N3O2. The van der Waals surface area contributed by atoms with Crippen LogP contribution in [0.4, 0.5) is 5.69 Å². The summed E-state index contributed by atoms with van der Waals surface area (Å²) in [7, 11) is 0. The Morgan fingerprint density at radius 1 is 1.04 bits per heavy atom. The summed E-state index contributed by atoms with van der Waals surface area (Å²) in [6, 6.07) is 13.4. The van der Waals surface area contributed by atoms with Crippen LogP contribution in [-0.4, -0.2) is 18.4 Å². The number of rotatable bonds is 5. The molecule has 2 aromatic carbocycles. The zero-order chi connectivity index (χ0) is 17.5. The predicted octanol–water partition coefficient (Wildman–Crippen LogP) is 3.43. The molecule has 0 radical (unpaired) electrons. The molecule has 0 fully saturated rings. The van der Waals surface area contributed by atoms with Gasteiger partial charge in [-0.1, -0.05) is 35.3 Å². The molecule has 0 aliphatic heterocycles. The normalized spacial score (nSPS) is 9.88. The van der Waals surface area contributed by atoms with Crippen molar-refractivity contribution >= 4 is 40.7 Å². The van der Waals surface area contributed by atoms with E-state index in [-0.39, 0.29) is 17.5 Å². The first-order chi connectivity index (χ1) is 11.5. The smallest absolute Gasteiger partial charge is 0.251 e. The van der Waals surface area contributed by atoms with Gasteiger partial charge in [0, 0.05) is 11.3 Å². The molecule has 2 aromatic rings. The van der Waals surface area contributed by atoms with E-state index in [1.165, 1.54) is 18.2 Å². The van der Waals surface area contributed by atoms with Crippen molar-refractivity contribution in [1.82, 2.24) is 5.32 Å². The van der Waals surface area contributed by atoms with Crippen LogP contribution in [0.25, 0.3) is 0 Å². The average Bonchev–Trinajstić information content (AvgIpc) is 2.57. The quantitative estimate of drug-likeness (QED) is 0.855. The number of benzene rings is 2. The highest BCUT2D eigenvalue weighted by Gasteiger charge is 2.10. The molecule has 7 heteroatoms. The Morgan fingerprint density at radius 2 is 1.75 bits per heavy atom. The molecule has 0 aromatic heterocycles. The van der Waals surface area contributed by atoms with Gasteiger partial charge in [0.2, 0.25) is 5.91 Å². The molecule has 0 aliphatic rings. The largest absolute Gasteiger partial charge is 0.343 e. The number of amides is 2. The lowest BCUT2D eigenvalue weighted by Crippen LogP contribution is -2.32. The van der Waals surface area contributed by atoms with Crippen molar-refractivity contribution in [2.45, 2.75) is 6.42 Å². The lowest BCUT2D eigenvalue weighted by molar-refractivity contribution is -0.115. The third-order valence-corrected chi connectivity index (χ3v) is 3.85. The average molecular weight is 362 g/mol. The summed E-state index contributed by atoms with van der Waals surface area (Å²) in [6.45, 7) is -0.182. The van der Waals surface area contributed by atoms with Gasteiger partial charge in [-0.3, -0.25) is 9.59 Å². The van der Waals surface area contributed by atoms with Crippen LogP contribution < -0.4 is 10.6 Å². The lowest BCUT2D eigenvalue weighted by Gasteiger charge is -2.08. The van der Waals surface area contributed by atoms with Crippen LogP contribution in [0.1, 0.15) is 15.9 Å². The predicted molar refractivity (Wildman–Crippen MR) is 93.2 cm³/mol. The summed E-state index contributed by atoms with van der Waals surface area (Å²) >= 11 is 11.6. The Bertz CT molecular complexity index is 798. The second-order valence-electron chi connectivity index (χ2n) is 4.89. The molecule has 0 bridgehead atoms. The van der Waals surface area contributed by atoms with Gasteiger partial charge in [-0.15, -0.1) is 0 Å². The number of carbonyl (C=O) groups excluding carboxylic acids is 2. The van der Waals surface area contributed by atoms with Gasteiger partial charge in [-0.25, -0.2) is 0 Å². The molecule has 5 nitrogen and oxygen atoms in total. The Balaban J connectivity index is 1.87. The second-order valence-corrected chi connectivity index (χ2v) is 5.71. The van der Waals surface area contributed by atoms with Crippen LogP contribution in [0.15, 0.2) is 42.5 Å². The molecule has 0 atom stereocenters. The topological polar surface area (TPSA) is 82.0 Å². The fraction of sp³-hybridized carbons (Fsp3) is 0.118. The number of nitriles is 1. The fourth-order valence-corrected chi connectivity index (χ4v) is 2.20. The van der Waals surface area contributed by atoms with E-state index in [1.807, 2.05) is 6.07 Å². The minimum absolute atomic E-state index is 0.182. The van der Waals surface area contributed by atoms with E-state index in [9.17, 15) is 9.59 Å². The molecule has 0 unspecified atom stereocenters. The monoisotopic (exact) mass is 361 g/mol. The third-order valence-electron chi connectivity index (χ3n) is 3.11. The first-order valence-corrected chi connectivity index (χ1v) is 7.74. The molecule has 0 spiro atoms. The van der Waals surface area contributed by atoms with E-state index in [0.717, 1.165) is 5.56 Å². The van der Waals surface area contributed by atoms with Crippen LogP contribution in [0.2, 0.25) is 10.0 Å². The molecule has 0 aliphatic carbocycles. The standard InChI is InChI=1S/C17H13Cl2N3O2/c18-14-6-3-12(9-15(14)19)17(24)21-10-16(23)22-13-4-1-11(2-5-13)7-8-20/h1-6,9H,7,10H2,(H,21,24)(H,22,23). The number of carbonyl (C=O) groups is 2. The lowest BCUT2D eigenvalue weighted by atomic mass is 10.1. The van der Waals surface area contributed by atoms with Crippen LogP contribution in [0, 0.1) is 11.3 Å². The number of nitrogens with one attached hydrogen (secondary N) is 2. The van der Waals surface area contributed by atoms with Gasteiger partial charge in [0.15, 0.2) is 0 Å². The van der Waals surface area contributed by atoms with Crippen molar-refractivity contribution in [3.8, 4) is 6.07 Å². The van der Waals surface area contributed by atoms with Crippen molar-refractivity contribution < 1.29 is 9.59 Å². The van der Waals surface area contributed by atoms with Crippen LogP contribution in [0.3, 0.4) is 0 Å². The van der Waals surface area contributed by atoms with Gasteiger partial charge in [-0.2, -0.15) is 5.26 Å². The van der Waals surface area contributed by atoms with Gasteiger partial charge in [0.05, 0.1) is 29.1 Å². The van der Waals surface area contributed by atoms with Gasteiger partial charge in [0.1, 0.15) is 0 Å². The van der Waals surface area contributed by atoms with E-state index in [4.69, 9.17) is 28.5 Å². The maximum atomic E-state index is 12.0. The Hall–Kier alpha value is -2.55. The molecular weight excluding hydrogens is 349 g/mol. The van der Waals surface area contributed by atoms with Crippen molar-refractivity contribution in [1.29, 1.82) is 5.26 Å². The van der Waals surface area contributed by atoms with E-state index in [1.54, 1.807) is 24.3 Å². The van der Waals surface area contributed by atoms with Crippen LogP contribution in [0.5, 0.6) is 0 Å². The number of hydrogen-bond acceptors (Lipinski definition) is 3. The third kappa shape index (κ3) is 4.98. The fourth-order valence-electron chi connectivity index (χ4n) is 1.90. The summed E-state index contributed by atoms with van der Waals surface area (Å²) in [5.74, 6) is -0.787. The first-order valence-electron chi connectivity index (χ1n) is 6.98. The molecule has 0 saturated carbocycles. The molecule has 24 heavy (non-hydrogen) atoms. The minimum atomic E-state index is -0.423. The van der Waals surface area contributed by atoms with Crippen LogP contribution in [-0.2, 0) is 11.2 Å². The molecule has 2 rings (SSSR count). The molecule has 0 heterocycles. The summed E-state index contributed by atoms with van der Waals surface area (Å²) < 4.78 is 0. The first kappa shape index (κ1) is 17.8. The van der Waals surface area contributed by atoms with Gasteiger partial charge < -0.3 is 10.6 Å². The van der Waals surface area contributed by atoms with Gasteiger partial charge in [-0.05, 0) is 35.9 Å². The summed E-state index contributed by atoms with van der Waals surface area (Å²) in [5.41, 5.74) is 1.77. The Kier molecular flexibility index (Phi) is 6.19. The summed E-state index contributed by atoms with van der Waals surface area (Å²) in [5, 5.41) is 14.4. The van der Waals surface area contributed by atoms with Crippen LogP contribution >= 0.6 is 23.2 Å². The highest BCUT2D eigenvalue weighted by Crippen LogP contribution is 2.22. The molecule has 0 saturated heterocycles. The molecule has 2 N–H and O–H groups in total. The van der Waals surface area contributed by atoms with Crippen molar-refractivity contribution in [3.05, 3.63) is 63.6 Å². The van der Waals surface area contributed by atoms with E-state index < -0.39 is 5.91 Å². The number of anilines is 1. The molecule has 122 valence electrons. The van der Waals surface area contributed by atoms with E-state index in [2.05, 4.69) is 10.6 Å². The highest BCUT2D eigenvalue weighted by atomic mass is 35.5. The number of hydrogen-bond donors (Lipinski definition) is 2. The zero-order valence-electron chi connectivity index (χ0n) is 12.5. The molecule has 2 amide bonds. The maximum absolute atomic E-state index is 12.0. The number of halogens is 2. The maximum Gasteiger partial charge on any atom is 0.251 e.